The van der Waals surface area contributed by atoms with Gasteiger partial charge in [0.2, 0.25) is 5.91 Å². The molecule has 4 heteroatoms. The summed E-state index contributed by atoms with van der Waals surface area (Å²) in [5.41, 5.74) is 1.63. The molecule has 0 saturated heterocycles. The topological polar surface area (TPSA) is 58.2 Å². The molecule has 4 unspecified atom stereocenters. The van der Waals surface area contributed by atoms with E-state index in [9.17, 15) is 9.59 Å². The second-order valence-electron chi connectivity index (χ2n) is 7.95. The minimum Gasteiger partial charge on any atom is -0.351 e. The fraction of sp³-hybridized carbons (Fsp3) is 0.619. The highest BCUT2D eigenvalue weighted by Crippen LogP contribution is 2.29. The molecule has 0 spiro atoms. The average molecular weight is 344 g/mol. The fourth-order valence-corrected chi connectivity index (χ4v) is 3.60. The molecule has 0 aliphatic heterocycles. The molecule has 1 aliphatic rings. The van der Waals surface area contributed by atoms with Gasteiger partial charge in [-0.3, -0.25) is 9.59 Å². The molecule has 1 saturated carbocycles. The van der Waals surface area contributed by atoms with Crippen LogP contribution in [0.25, 0.3) is 0 Å². The summed E-state index contributed by atoms with van der Waals surface area (Å²) in [6.45, 7) is 10.4. The molecule has 2 amide bonds. The first kappa shape index (κ1) is 19.5. The predicted octanol–water partition coefficient (Wildman–Crippen LogP) is 3.69. The van der Waals surface area contributed by atoms with Crippen molar-refractivity contribution in [1.82, 2.24) is 10.6 Å². The van der Waals surface area contributed by atoms with E-state index in [0.29, 0.717) is 17.4 Å². The number of hydrogen-bond donors (Lipinski definition) is 2. The minimum atomic E-state index is -0.516. The zero-order valence-electron chi connectivity index (χ0n) is 16.1. The van der Waals surface area contributed by atoms with Crippen LogP contribution in [0.5, 0.6) is 0 Å². The normalized spacial score (nSPS) is 24.6. The molecule has 4 nitrogen and oxygen atoms in total. The lowest BCUT2D eigenvalue weighted by Gasteiger charge is -2.36. The van der Waals surface area contributed by atoms with Crippen LogP contribution in [-0.4, -0.2) is 23.9 Å². The largest absolute Gasteiger partial charge is 0.351 e. The third kappa shape index (κ3) is 5.07. The summed E-state index contributed by atoms with van der Waals surface area (Å²) in [4.78, 5) is 25.3. The first-order chi connectivity index (χ1) is 11.8. The van der Waals surface area contributed by atoms with Crippen molar-refractivity contribution in [2.24, 2.45) is 17.8 Å². The third-order valence-electron chi connectivity index (χ3n) is 5.55. The van der Waals surface area contributed by atoms with Crippen LogP contribution in [0.1, 0.15) is 62.9 Å². The molecule has 2 rings (SSSR count). The Labute approximate surface area is 151 Å². The zero-order chi connectivity index (χ0) is 18.6. The van der Waals surface area contributed by atoms with Gasteiger partial charge in [-0.2, -0.15) is 0 Å². The van der Waals surface area contributed by atoms with E-state index >= 15 is 0 Å². The maximum Gasteiger partial charge on any atom is 0.251 e. The monoisotopic (exact) mass is 344 g/mol. The van der Waals surface area contributed by atoms with E-state index in [2.05, 4.69) is 24.5 Å². The van der Waals surface area contributed by atoms with E-state index in [1.165, 1.54) is 6.42 Å². The van der Waals surface area contributed by atoms with Crippen molar-refractivity contribution in [1.29, 1.82) is 0 Å². The molecule has 1 aliphatic carbocycles. The summed E-state index contributed by atoms with van der Waals surface area (Å²) < 4.78 is 0. The number of aryl methyl sites for hydroxylation is 1. The van der Waals surface area contributed by atoms with Gasteiger partial charge in [0.25, 0.3) is 5.91 Å². The molecule has 25 heavy (non-hydrogen) atoms. The van der Waals surface area contributed by atoms with Gasteiger partial charge in [-0.15, -0.1) is 0 Å². The van der Waals surface area contributed by atoms with E-state index in [1.54, 1.807) is 6.07 Å². The Morgan fingerprint density at radius 1 is 1.16 bits per heavy atom. The minimum absolute atomic E-state index is 0.0325. The Kier molecular flexibility index (Phi) is 6.63. The molecule has 0 heterocycles. The van der Waals surface area contributed by atoms with Crippen molar-refractivity contribution in [3.05, 3.63) is 35.4 Å². The molecule has 1 aromatic rings. The molecule has 1 aromatic carbocycles. The highest BCUT2D eigenvalue weighted by Gasteiger charge is 2.31. The van der Waals surface area contributed by atoms with E-state index in [0.717, 1.165) is 18.4 Å². The lowest BCUT2D eigenvalue weighted by Crippen LogP contribution is -2.54. The fourth-order valence-electron chi connectivity index (χ4n) is 3.60. The van der Waals surface area contributed by atoms with Gasteiger partial charge in [-0.25, -0.2) is 0 Å². The van der Waals surface area contributed by atoms with E-state index in [-0.39, 0.29) is 23.8 Å². The number of rotatable bonds is 5. The predicted molar refractivity (Wildman–Crippen MR) is 101 cm³/mol. The maximum atomic E-state index is 12.8. The first-order valence-electron chi connectivity index (χ1n) is 9.47. The molecule has 138 valence electrons. The van der Waals surface area contributed by atoms with Gasteiger partial charge in [-0.05, 0) is 43.2 Å². The maximum absolute atomic E-state index is 12.8. The summed E-state index contributed by atoms with van der Waals surface area (Å²) in [6.07, 6.45) is 3.40. The van der Waals surface area contributed by atoms with Crippen molar-refractivity contribution < 1.29 is 9.59 Å². The number of benzene rings is 1. The molecular weight excluding hydrogens is 312 g/mol. The second-order valence-corrected chi connectivity index (χ2v) is 7.95. The van der Waals surface area contributed by atoms with Gasteiger partial charge in [-0.1, -0.05) is 58.2 Å². The molecule has 1 fully saturated rings. The van der Waals surface area contributed by atoms with Gasteiger partial charge in [0, 0.05) is 11.6 Å². The highest BCUT2D eigenvalue weighted by atomic mass is 16.2. The van der Waals surface area contributed by atoms with Gasteiger partial charge in [0.15, 0.2) is 0 Å². The lowest BCUT2D eigenvalue weighted by atomic mass is 9.78. The van der Waals surface area contributed by atoms with Crippen molar-refractivity contribution in [3.8, 4) is 0 Å². The van der Waals surface area contributed by atoms with E-state index < -0.39 is 6.04 Å². The van der Waals surface area contributed by atoms with Crippen LogP contribution in [0.2, 0.25) is 0 Å². The zero-order valence-corrected chi connectivity index (χ0v) is 16.1. The number of carbonyl (C=O) groups is 2. The number of hydrogen-bond acceptors (Lipinski definition) is 2. The van der Waals surface area contributed by atoms with Gasteiger partial charge in [0.05, 0.1) is 0 Å². The molecule has 0 radical (unpaired) electrons. The molecular formula is C21H32N2O2. The van der Waals surface area contributed by atoms with E-state index in [1.807, 2.05) is 39.0 Å². The first-order valence-corrected chi connectivity index (χ1v) is 9.47. The Bertz CT molecular complexity index is 612. The van der Waals surface area contributed by atoms with Crippen LogP contribution in [-0.2, 0) is 4.79 Å². The molecule has 0 aromatic heterocycles. The third-order valence-corrected chi connectivity index (χ3v) is 5.55. The van der Waals surface area contributed by atoms with Crippen molar-refractivity contribution in [2.45, 2.75) is 66.0 Å². The highest BCUT2D eigenvalue weighted by molar-refractivity contribution is 5.97. The number of nitrogens with one attached hydrogen (secondary N) is 2. The van der Waals surface area contributed by atoms with Crippen LogP contribution in [0, 0.1) is 24.7 Å². The summed E-state index contributed by atoms with van der Waals surface area (Å²) in [5, 5.41) is 6.12. The van der Waals surface area contributed by atoms with Crippen LogP contribution in [0.4, 0.5) is 0 Å². The van der Waals surface area contributed by atoms with E-state index in [4.69, 9.17) is 0 Å². The van der Waals surface area contributed by atoms with Crippen LogP contribution >= 0.6 is 0 Å². The van der Waals surface area contributed by atoms with Gasteiger partial charge < -0.3 is 10.6 Å². The standard InChI is InChI=1S/C21H32N2O2/c1-13(2)19(23-20(24)17-10-6-8-14(3)12-17)21(25)22-18-11-7-9-15(4)16(18)5/h6,8,10,12-13,15-16,18-19H,7,9,11H2,1-5H3,(H,22,25)(H,23,24). The Balaban J connectivity index is 2.04. The second kappa shape index (κ2) is 8.50. The van der Waals surface area contributed by atoms with Crippen molar-refractivity contribution in [2.75, 3.05) is 0 Å². The van der Waals surface area contributed by atoms with Crippen LogP contribution in [0.3, 0.4) is 0 Å². The van der Waals surface area contributed by atoms with Crippen molar-refractivity contribution >= 4 is 11.8 Å². The quantitative estimate of drug-likeness (QED) is 0.856. The van der Waals surface area contributed by atoms with Gasteiger partial charge in [0.1, 0.15) is 6.04 Å². The summed E-state index contributed by atoms with van der Waals surface area (Å²) in [6, 6.07) is 7.12. The lowest BCUT2D eigenvalue weighted by molar-refractivity contribution is -0.125. The summed E-state index contributed by atoms with van der Waals surface area (Å²) >= 11 is 0. The SMILES string of the molecule is Cc1cccc(C(=O)NC(C(=O)NC2CCCC(C)C2C)C(C)C)c1. The number of amides is 2. The molecule has 2 N–H and O–H groups in total. The average Bonchev–Trinajstić information content (AvgIpc) is 2.56. The van der Waals surface area contributed by atoms with Crippen LogP contribution < -0.4 is 10.6 Å². The Hall–Kier alpha value is -1.84. The number of carbonyl (C=O) groups excluding carboxylic acids is 2. The Morgan fingerprint density at radius 2 is 1.88 bits per heavy atom. The smallest absolute Gasteiger partial charge is 0.251 e. The molecule has 4 atom stereocenters. The summed E-state index contributed by atoms with van der Waals surface area (Å²) in [5.74, 6) is 0.867. The molecule has 0 bridgehead atoms. The van der Waals surface area contributed by atoms with Crippen molar-refractivity contribution in [3.63, 3.8) is 0 Å². The van der Waals surface area contributed by atoms with Crippen LogP contribution in [0.15, 0.2) is 24.3 Å². The Morgan fingerprint density at radius 3 is 2.52 bits per heavy atom. The van der Waals surface area contributed by atoms with Gasteiger partial charge >= 0.3 is 0 Å². The summed E-state index contributed by atoms with van der Waals surface area (Å²) in [7, 11) is 0.